The molecule has 0 spiro atoms. The van der Waals surface area contributed by atoms with Gasteiger partial charge in [-0.1, -0.05) is 19.1 Å². The molecule has 2 heteroatoms. The summed E-state index contributed by atoms with van der Waals surface area (Å²) in [6, 6.07) is 8.30. The highest BCUT2D eigenvalue weighted by Gasteiger charge is 2.57. The Morgan fingerprint density at radius 3 is 2.27 bits per heavy atom. The van der Waals surface area contributed by atoms with Crippen LogP contribution in [0, 0.1) is 5.92 Å². The van der Waals surface area contributed by atoms with Crippen molar-refractivity contribution in [3.05, 3.63) is 29.8 Å². The average molecular weight is 225 g/mol. The van der Waals surface area contributed by atoms with Gasteiger partial charge >= 0.3 is 0 Å². The lowest BCUT2D eigenvalue weighted by Crippen LogP contribution is -1.95. The van der Waals surface area contributed by atoms with Gasteiger partial charge in [-0.25, -0.2) is 0 Å². The molecule has 1 aromatic carbocycles. The number of hydrogen-bond acceptors (Lipinski definition) is 1. The van der Waals surface area contributed by atoms with Crippen molar-refractivity contribution in [1.82, 2.24) is 0 Å². The van der Waals surface area contributed by atoms with Gasteiger partial charge in [0.05, 0.1) is 11.5 Å². The summed E-state index contributed by atoms with van der Waals surface area (Å²) in [5.74, 6) is 2.00. The van der Waals surface area contributed by atoms with Crippen LogP contribution in [0.25, 0.3) is 0 Å². The van der Waals surface area contributed by atoms with Crippen LogP contribution in [0.5, 0.6) is 5.75 Å². The second kappa shape index (κ2) is 3.71. The highest BCUT2D eigenvalue weighted by atomic mass is 35.5. The number of rotatable bonds is 3. The topological polar surface area (TPSA) is 9.23 Å². The predicted molar refractivity (Wildman–Crippen MR) is 63.8 cm³/mol. The van der Waals surface area contributed by atoms with Gasteiger partial charge in [-0.15, -0.1) is 11.6 Å². The molecule has 1 saturated carbocycles. The van der Waals surface area contributed by atoms with Crippen LogP contribution < -0.4 is 4.74 Å². The zero-order valence-electron chi connectivity index (χ0n) is 9.46. The van der Waals surface area contributed by atoms with Crippen molar-refractivity contribution in [3.63, 3.8) is 0 Å². The molecule has 0 radical (unpaired) electrons. The third-order valence-corrected chi connectivity index (χ3v) is 4.02. The monoisotopic (exact) mass is 224 g/mol. The Kier molecular flexibility index (Phi) is 2.68. The molecule has 0 N–H and O–H groups in total. The standard InChI is InChI=1S/C13H17ClO/c1-4-15-11-7-5-10(6-8-11)12-9(2)13(12,3)14/h5-9,12H,4H2,1-3H3. The van der Waals surface area contributed by atoms with Gasteiger partial charge in [0, 0.05) is 5.92 Å². The first-order chi connectivity index (χ1) is 7.07. The number of halogens is 1. The summed E-state index contributed by atoms with van der Waals surface area (Å²) in [6.45, 7) is 7.02. The van der Waals surface area contributed by atoms with Gasteiger partial charge in [-0.2, -0.15) is 0 Å². The van der Waals surface area contributed by atoms with Crippen molar-refractivity contribution in [1.29, 1.82) is 0 Å². The lowest BCUT2D eigenvalue weighted by atomic mass is 10.1. The van der Waals surface area contributed by atoms with Gasteiger partial charge in [0.25, 0.3) is 0 Å². The molecule has 0 bridgehead atoms. The fraction of sp³-hybridized carbons (Fsp3) is 0.538. The van der Waals surface area contributed by atoms with Crippen LogP contribution in [0.3, 0.4) is 0 Å². The second-order valence-corrected chi connectivity index (χ2v) is 5.23. The molecule has 0 amide bonds. The van der Waals surface area contributed by atoms with E-state index in [2.05, 4.69) is 26.0 Å². The van der Waals surface area contributed by atoms with E-state index in [0.717, 1.165) is 5.75 Å². The van der Waals surface area contributed by atoms with E-state index in [-0.39, 0.29) is 4.87 Å². The van der Waals surface area contributed by atoms with Crippen LogP contribution in [-0.2, 0) is 0 Å². The molecular weight excluding hydrogens is 208 g/mol. The van der Waals surface area contributed by atoms with E-state index in [1.165, 1.54) is 5.56 Å². The highest BCUT2D eigenvalue weighted by molar-refractivity contribution is 6.27. The van der Waals surface area contributed by atoms with Gasteiger partial charge in [0.15, 0.2) is 0 Å². The van der Waals surface area contributed by atoms with E-state index in [1.807, 2.05) is 19.1 Å². The minimum atomic E-state index is -0.0485. The number of alkyl halides is 1. The average Bonchev–Trinajstić information content (AvgIpc) is 2.69. The van der Waals surface area contributed by atoms with E-state index in [0.29, 0.717) is 18.4 Å². The van der Waals surface area contributed by atoms with Crippen molar-refractivity contribution in [2.75, 3.05) is 6.61 Å². The smallest absolute Gasteiger partial charge is 0.119 e. The third-order valence-electron chi connectivity index (χ3n) is 3.44. The lowest BCUT2D eigenvalue weighted by Gasteiger charge is -2.05. The Morgan fingerprint density at radius 1 is 1.33 bits per heavy atom. The fourth-order valence-electron chi connectivity index (χ4n) is 2.24. The quantitative estimate of drug-likeness (QED) is 0.710. The molecule has 3 atom stereocenters. The first-order valence-corrected chi connectivity index (χ1v) is 5.86. The molecule has 0 aromatic heterocycles. The molecule has 3 unspecified atom stereocenters. The van der Waals surface area contributed by atoms with E-state index >= 15 is 0 Å². The second-order valence-electron chi connectivity index (χ2n) is 4.42. The van der Waals surface area contributed by atoms with Crippen LogP contribution in [0.4, 0.5) is 0 Å². The first-order valence-electron chi connectivity index (χ1n) is 5.49. The summed E-state index contributed by atoms with van der Waals surface area (Å²) < 4.78 is 5.41. The van der Waals surface area contributed by atoms with Crippen LogP contribution in [0.2, 0.25) is 0 Å². The maximum Gasteiger partial charge on any atom is 0.119 e. The molecule has 1 fully saturated rings. The molecule has 1 aromatic rings. The van der Waals surface area contributed by atoms with Crippen LogP contribution in [0.15, 0.2) is 24.3 Å². The maximum absolute atomic E-state index is 6.36. The number of ether oxygens (including phenoxy) is 1. The van der Waals surface area contributed by atoms with Gasteiger partial charge in [0.2, 0.25) is 0 Å². The summed E-state index contributed by atoms with van der Waals surface area (Å²) in [5, 5.41) is 0. The van der Waals surface area contributed by atoms with Crippen molar-refractivity contribution in [2.45, 2.75) is 31.6 Å². The zero-order chi connectivity index (χ0) is 11.1. The minimum absolute atomic E-state index is 0.0485. The molecule has 15 heavy (non-hydrogen) atoms. The van der Waals surface area contributed by atoms with Gasteiger partial charge < -0.3 is 4.74 Å². The van der Waals surface area contributed by atoms with E-state index in [1.54, 1.807) is 0 Å². The van der Waals surface area contributed by atoms with E-state index in [4.69, 9.17) is 16.3 Å². The van der Waals surface area contributed by atoms with E-state index < -0.39 is 0 Å². The summed E-state index contributed by atoms with van der Waals surface area (Å²) in [6.07, 6.45) is 0. The third kappa shape index (κ3) is 1.85. The Bertz CT molecular complexity index is 342. The lowest BCUT2D eigenvalue weighted by molar-refractivity contribution is 0.340. The van der Waals surface area contributed by atoms with Crippen molar-refractivity contribution in [3.8, 4) is 5.75 Å². The van der Waals surface area contributed by atoms with Crippen LogP contribution in [-0.4, -0.2) is 11.5 Å². The van der Waals surface area contributed by atoms with E-state index in [9.17, 15) is 0 Å². The van der Waals surface area contributed by atoms with Crippen LogP contribution in [0.1, 0.15) is 32.3 Å². The predicted octanol–water partition coefficient (Wildman–Crippen LogP) is 3.82. The molecule has 82 valence electrons. The summed E-state index contributed by atoms with van der Waals surface area (Å²) >= 11 is 6.36. The molecule has 1 nitrogen and oxygen atoms in total. The van der Waals surface area contributed by atoms with Gasteiger partial charge in [-0.3, -0.25) is 0 Å². The van der Waals surface area contributed by atoms with Gasteiger partial charge in [-0.05, 0) is 37.5 Å². The Balaban J connectivity index is 2.12. The SMILES string of the molecule is CCOc1ccc(C2C(C)C2(C)Cl)cc1. The fourth-order valence-corrected chi connectivity index (χ4v) is 2.62. The molecule has 1 aliphatic rings. The molecule has 0 heterocycles. The zero-order valence-corrected chi connectivity index (χ0v) is 10.2. The molecule has 0 aliphatic heterocycles. The summed E-state index contributed by atoms with van der Waals surface area (Å²) in [5.41, 5.74) is 1.32. The van der Waals surface area contributed by atoms with Crippen LogP contribution >= 0.6 is 11.6 Å². The molecule has 1 aliphatic carbocycles. The Hall–Kier alpha value is -0.690. The summed E-state index contributed by atoms with van der Waals surface area (Å²) in [4.78, 5) is -0.0485. The molecular formula is C13H17ClO. The van der Waals surface area contributed by atoms with Crippen molar-refractivity contribution < 1.29 is 4.74 Å². The number of benzene rings is 1. The molecule has 0 saturated heterocycles. The largest absolute Gasteiger partial charge is 0.494 e. The normalized spacial score (nSPS) is 33.9. The number of hydrogen-bond donors (Lipinski definition) is 0. The summed E-state index contributed by atoms with van der Waals surface area (Å²) in [7, 11) is 0. The highest BCUT2D eigenvalue weighted by Crippen LogP contribution is 2.61. The molecule has 2 rings (SSSR count). The Labute approximate surface area is 96.4 Å². The van der Waals surface area contributed by atoms with Gasteiger partial charge in [0.1, 0.15) is 5.75 Å². The van der Waals surface area contributed by atoms with Crippen molar-refractivity contribution in [2.24, 2.45) is 5.92 Å². The minimum Gasteiger partial charge on any atom is -0.494 e. The Morgan fingerprint density at radius 2 is 1.87 bits per heavy atom. The first kappa shape index (κ1) is 10.8. The van der Waals surface area contributed by atoms with Crippen molar-refractivity contribution >= 4 is 11.6 Å². The maximum atomic E-state index is 6.36.